The molecule has 0 amide bonds. The van der Waals surface area contributed by atoms with Crippen LogP contribution in [0.2, 0.25) is 0 Å². The second-order valence-corrected chi connectivity index (χ2v) is 3.71. The van der Waals surface area contributed by atoms with Crippen LogP contribution in [-0.2, 0) is 0 Å². The maximum absolute atomic E-state index is 10.7. The second kappa shape index (κ2) is 5.25. The standard InChI is InChI=1S/C10H12ClNO4/c1-5-2-6(9(14)7(13)3-11)4-12-8(5)10(15)16/h2,4,7,9,13-14H,3H2,1H3,(H,15,16). The largest absolute Gasteiger partial charge is 0.477 e. The molecular weight excluding hydrogens is 234 g/mol. The molecule has 6 heteroatoms. The van der Waals surface area contributed by atoms with E-state index >= 15 is 0 Å². The van der Waals surface area contributed by atoms with Crippen LogP contribution < -0.4 is 0 Å². The van der Waals surface area contributed by atoms with Gasteiger partial charge in [0.2, 0.25) is 0 Å². The number of rotatable bonds is 4. The maximum Gasteiger partial charge on any atom is 0.354 e. The first-order valence-corrected chi connectivity index (χ1v) is 5.12. The van der Waals surface area contributed by atoms with Gasteiger partial charge in [0.05, 0.1) is 12.0 Å². The molecule has 88 valence electrons. The number of hydrogen-bond acceptors (Lipinski definition) is 4. The van der Waals surface area contributed by atoms with E-state index in [4.69, 9.17) is 16.7 Å². The first-order chi connectivity index (χ1) is 7.47. The van der Waals surface area contributed by atoms with E-state index < -0.39 is 18.2 Å². The predicted octanol–water partition coefficient (Wildman–Crippen LogP) is 0.721. The number of carbonyl (C=O) groups is 1. The highest BCUT2D eigenvalue weighted by molar-refractivity contribution is 6.18. The van der Waals surface area contributed by atoms with Crippen molar-refractivity contribution in [2.45, 2.75) is 19.1 Å². The van der Waals surface area contributed by atoms with E-state index in [1.807, 2.05) is 0 Å². The average Bonchev–Trinajstić information content (AvgIpc) is 2.26. The summed E-state index contributed by atoms with van der Waals surface area (Å²) in [5.74, 6) is -1.24. The number of aliphatic hydroxyl groups is 2. The first-order valence-electron chi connectivity index (χ1n) is 4.59. The van der Waals surface area contributed by atoms with Crippen LogP contribution in [0.4, 0.5) is 0 Å². The number of carboxylic acids is 1. The van der Waals surface area contributed by atoms with Gasteiger partial charge in [-0.05, 0) is 18.6 Å². The van der Waals surface area contributed by atoms with Gasteiger partial charge in [-0.2, -0.15) is 0 Å². The molecule has 0 spiro atoms. The Morgan fingerprint density at radius 2 is 2.19 bits per heavy atom. The summed E-state index contributed by atoms with van der Waals surface area (Å²) in [5, 5.41) is 27.7. The fraction of sp³-hybridized carbons (Fsp3) is 0.400. The summed E-state index contributed by atoms with van der Waals surface area (Å²) in [5.41, 5.74) is 0.692. The van der Waals surface area contributed by atoms with Crippen molar-refractivity contribution in [1.29, 1.82) is 0 Å². The minimum atomic E-state index is -1.16. The van der Waals surface area contributed by atoms with Gasteiger partial charge in [0, 0.05) is 11.8 Å². The minimum Gasteiger partial charge on any atom is -0.477 e. The Morgan fingerprint density at radius 1 is 1.56 bits per heavy atom. The number of aromatic carboxylic acids is 1. The molecule has 0 aliphatic heterocycles. The number of aliphatic hydroxyl groups excluding tert-OH is 2. The quantitative estimate of drug-likeness (QED) is 0.680. The normalized spacial score (nSPS) is 14.5. The van der Waals surface area contributed by atoms with Crippen LogP contribution >= 0.6 is 11.6 Å². The van der Waals surface area contributed by atoms with E-state index in [0.29, 0.717) is 11.1 Å². The van der Waals surface area contributed by atoms with Crippen LogP contribution in [0.25, 0.3) is 0 Å². The summed E-state index contributed by atoms with van der Waals surface area (Å²) in [6.45, 7) is 1.57. The molecule has 0 bridgehead atoms. The summed E-state index contributed by atoms with van der Waals surface area (Å²) in [6, 6.07) is 1.47. The Morgan fingerprint density at radius 3 is 2.62 bits per heavy atom. The van der Waals surface area contributed by atoms with Crippen LogP contribution in [0, 0.1) is 6.92 Å². The summed E-state index contributed by atoms with van der Waals surface area (Å²) < 4.78 is 0. The van der Waals surface area contributed by atoms with Gasteiger partial charge in [-0.15, -0.1) is 11.6 Å². The number of carboxylic acid groups (broad SMARTS) is 1. The summed E-state index contributed by atoms with van der Waals surface area (Å²) in [7, 11) is 0. The number of pyridine rings is 1. The zero-order valence-electron chi connectivity index (χ0n) is 8.59. The van der Waals surface area contributed by atoms with Gasteiger partial charge in [0.25, 0.3) is 0 Å². The van der Waals surface area contributed by atoms with Gasteiger partial charge in [-0.25, -0.2) is 9.78 Å². The summed E-state index contributed by atoms with van der Waals surface area (Å²) >= 11 is 5.39. The highest BCUT2D eigenvalue weighted by Crippen LogP contribution is 2.19. The van der Waals surface area contributed by atoms with E-state index in [0.717, 1.165) is 0 Å². The van der Waals surface area contributed by atoms with Gasteiger partial charge in [-0.3, -0.25) is 0 Å². The van der Waals surface area contributed by atoms with Gasteiger partial charge < -0.3 is 15.3 Å². The molecule has 0 aliphatic carbocycles. The molecule has 0 radical (unpaired) electrons. The van der Waals surface area contributed by atoms with Crippen molar-refractivity contribution in [3.63, 3.8) is 0 Å². The number of aromatic nitrogens is 1. The second-order valence-electron chi connectivity index (χ2n) is 3.41. The van der Waals surface area contributed by atoms with Crippen molar-refractivity contribution in [3.05, 3.63) is 29.1 Å². The number of nitrogens with zero attached hydrogens (tertiary/aromatic N) is 1. The highest BCUT2D eigenvalue weighted by atomic mass is 35.5. The van der Waals surface area contributed by atoms with Crippen molar-refractivity contribution in [1.82, 2.24) is 4.98 Å². The lowest BCUT2D eigenvalue weighted by molar-refractivity contribution is 0.0324. The molecule has 2 atom stereocenters. The van der Waals surface area contributed by atoms with Gasteiger partial charge in [0.1, 0.15) is 6.10 Å². The average molecular weight is 246 g/mol. The van der Waals surface area contributed by atoms with E-state index in [2.05, 4.69) is 4.98 Å². The molecule has 0 aromatic carbocycles. The Kier molecular flexibility index (Phi) is 4.23. The van der Waals surface area contributed by atoms with E-state index in [1.54, 1.807) is 6.92 Å². The Hall–Kier alpha value is -1.17. The topological polar surface area (TPSA) is 90.7 Å². The fourth-order valence-electron chi connectivity index (χ4n) is 1.29. The number of aryl methyl sites for hydroxylation is 1. The van der Waals surface area contributed by atoms with Crippen LogP contribution in [-0.4, -0.2) is 38.3 Å². The summed E-state index contributed by atoms with van der Waals surface area (Å²) in [4.78, 5) is 14.4. The minimum absolute atomic E-state index is 0.0729. The Balaban J connectivity index is 3.01. The van der Waals surface area contributed by atoms with Crippen LogP contribution in [0.3, 0.4) is 0 Å². The van der Waals surface area contributed by atoms with Crippen molar-refractivity contribution >= 4 is 17.6 Å². The lowest BCUT2D eigenvalue weighted by Gasteiger charge is -2.16. The number of halogens is 1. The smallest absolute Gasteiger partial charge is 0.354 e. The maximum atomic E-state index is 10.7. The molecular formula is C10H12ClNO4. The third-order valence-corrected chi connectivity index (χ3v) is 2.48. The highest BCUT2D eigenvalue weighted by Gasteiger charge is 2.19. The fourth-order valence-corrected chi connectivity index (χ4v) is 1.46. The molecule has 3 N–H and O–H groups in total. The molecule has 1 heterocycles. The Labute approximate surface area is 97.3 Å². The SMILES string of the molecule is Cc1cc(C(O)C(O)CCl)cnc1C(=O)O. The van der Waals surface area contributed by atoms with E-state index in [1.165, 1.54) is 12.3 Å². The molecule has 1 aromatic heterocycles. The lowest BCUT2D eigenvalue weighted by atomic mass is 10.0. The third kappa shape index (κ3) is 2.69. The van der Waals surface area contributed by atoms with Crippen molar-refractivity contribution < 1.29 is 20.1 Å². The lowest BCUT2D eigenvalue weighted by Crippen LogP contribution is -2.20. The van der Waals surface area contributed by atoms with Crippen molar-refractivity contribution in [2.24, 2.45) is 0 Å². The molecule has 1 rings (SSSR count). The number of alkyl halides is 1. The van der Waals surface area contributed by atoms with E-state index in [-0.39, 0.29) is 11.6 Å². The molecule has 0 saturated heterocycles. The third-order valence-electron chi connectivity index (χ3n) is 2.17. The van der Waals surface area contributed by atoms with Crippen LogP contribution in [0.1, 0.15) is 27.7 Å². The molecule has 2 unspecified atom stereocenters. The molecule has 0 fully saturated rings. The molecule has 1 aromatic rings. The molecule has 16 heavy (non-hydrogen) atoms. The Bertz CT molecular complexity index is 396. The first kappa shape index (κ1) is 12.9. The van der Waals surface area contributed by atoms with Crippen molar-refractivity contribution in [3.8, 4) is 0 Å². The van der Waals surface area contributed by atoms with Crippen LogP contribution in [0.5, 0.6) is 0 Å². The molecule has 0 aliphatic rings. The van der Waals surface area contributed by atoms with Gasteiger partial charge in [0.15, 0.2) is 5.69 Å². The summed E-state index contributed by atoms with van der Waals surface area (Å²) in [6.07, 6.45) is -1.04. The number of hydrogen-bond donors (Lipinski definition) is 3. The molecule has 0 saturated carbocycles. The zero-order valence-corrected chi connectivity index (χ0v) is 9.35. The zero-order chi connectivity index (χ0) is 12.3. The van der Waals surface area contributed by atoms with Gasteiger partial charge in [-0.1, -0.05) is 0 Å². The molecule has 5 nitrogen and oxygen atoms in total. The van der Waals surface area contributed by atoms with Crippen LogP contribution in [0.15, 0.2) is 12.3 Å². The van der Waals surface area contributed by atoms with Crippen molar-refractivity contribution in [2.75, 3.05) is 5.88 Å². The van der Waals surface area contributed by atoms with E-state index in [9.17, 15) is 15.0 Å². The predicted molar refractivity (Wildman–Crippen MR) is 57.6 cm³/mol. The monoisotopic (exact) mass is 245 g/mol. The van der Waals surface area contributed by atoms with Gasteiger partial charge >= 0.3 is 5.97 Å².